The molecule has 0 fully saturated rings. The minimum Gasteiger partial charge on any atom is -0.497 e. The number of hydrogen-bond donors (Lipinski definition) is 2. The Morgan fingerprint density at radius 1 is 1.33 bits per heavy atom. The molecule has 2 rings (SSSR count). The summed E-state index contributed by atoms with van der Waals surface area (Å²) in [4.78, 5) is 0. The van der Waals surface area contributed by atoms with Crippen LogP contribution in [0.25, 0.3) is 0 Å². The van der Waals surface area contributed by atoms with Gasteiger partial charge in [0.1, 0.15) is 5.75 Å². The van der Waals surface area contributed by atoms with Gasteiger partial charge in [0, 0.05) is 12.6 Å². The first kappa shape index (κ1) is 13.4. The Morgan fingerprint density at radius 3 is 3.00 bits per heavy atom. The van der Waals surface area contributed by atoms with Gasteiger partial charge in [-0.1, -0.05) is 6.07 Å². The first-order chi connectivity index (χ1) is 8.83. The lowest BCUT2D eigenvalue weighted by Gasteiger charge is -2.26. The molecule has 1 unspecified atom stereocenters. The van der Waals surface area contributed by atoms with Crippen LogP contribution in [0, 0.1) is 0 Å². The average molecular weight is 249 g/mol. The molecule has 0 aromatic heterocycles. The maximum absolute atomic E-state index is 8.75. The summed E-state index contributed by atoms with van der Waals surface area (Å²) in [5.74, 6) is 0.953. The van der Waals surface area contributed by atoms with Gasteiger partial charge in [0.15, 0.2) is 0 Å². The van der Waals surface area contributed by atoms with Gasteiger partial charge in [-0.2, -0.15) is 0 Å². The normalized spacial score (nSPS) is 18.4. The van der Waals surface area contributed by atoms with E-state index < -0.39 is 0 Å². The molecule has 0 spiro atoms. The summed E-state index contributed by atoms with van der Waals surface area (Å²) in [5, 5.41) is 12.3. The number of aliphatic hydroxyl groups is 1. The van der Waals surface area contributed by atoms with Crippen molar-refractivity contribution in [3.63, 3.8) is 0 Å². The van der Waals surface area contributed by atoms with Gasteiger partial charge in [-0.3, -0.25) is 0 Å². The van der Waals surface area contributed by atoms with Crippen molar-refractivity contribution in [1.82, 2.24) is 5.32 Å². The summed E-state index contributed by atoms with van der Waals surface area (Å²) in [6, 6.07) is 6.98. The third-order valence-electron chi connectivity index (χ3n) is 3.66. The predicted octanol–water partition coefficient (Wildman–Crippen LogP) is 1.91. The Bertz CT molecular complexity index is 379. The largest absolute Gasteiger partial charge is 0.497 e. The van der Waals surface area contributed by atoms with Crippen molar-refractivity contribution in [2.75, 3.05) is 20.3 Å². The zero-order valence-electron chi connectivity index (χ0n) is 11.1. The fourth-order valence-electron chi connectivity index (χ4n) is 2.58. The Labute approximate surface area is 109 Å². The molecule has 3 heteroatoms. The van der Waals surface area contributed by atoms with Crippen LogP contribution in [0.5, 0.6) is 5.75 Å². The maximum Gasteiger partial charge on any atom is 0.119 e. The van der Waals surface area contributed by atoms with E-state index in [1.54, 1.807) is 7.11 Å². The monoisotopic (exact) mass is 249 g/mol. The molecule has 0 saturated heterocycles. The van der Waals surface area contributed by atoms with Crippen LogP contribution in [-0.2, 0) is 12.8 Å². The molecule has 18 heavy (non-hydrogen) atoms. The number of nitrogens with one attached hydrogen (secondary N) is 1. The minimum atomic E-state index is 0.298. The van der Waals surface area contributed by atoms with E-state index >= 15 is 0 Å². The highest BCUT2D eigenvalue weighted by atomic mass is 16.5. The second-order valence-corrected chi connectivity index (χ2v) is 4.96. The van der Waals surface area contributed by atoms with Crippen molar-refractivity contribution >= 4 is 0 Å². The standard InChI is InChI=1S/C15H23NO2/c1-18-15-7-5-12-4-6-14(10-13(12)11-15)16-8-2-3-9-17/h5,7,11,14,16-17H,2-4,6,8-10H2,1H3. The molecule has 0 heterocycles. The minimum absolute atomic E-state index is 0.298. The Morgan fingerprint density at radius 2 is 2.22 bits per heavy atom. The lowest BCUT2D eigenvalue weighted by atomic mass is 9.88. The highest BCUT2D eigenvalue weighted by Gasteiger charge is 2.18. The third-order valence-corrected chi connectivity index (χ3v) is 3.66. The highest BCUT2D eigenvalue weighted by molar-refractivity contribution is 5.37. The zero-order valence-corrected chi connectivity index (χ0v) is 11.1. The molecule has 0 aliphatic heterocycles. The number of fused-ring (bicyclic) bond motifs is 1. The summed E-state index contributed by atoms with van der Waals surface area (Å²) < 4.78 is 5.28. The van der Waals surface area contributed by atoms with E-state index in [1.165, 1.54) is 17.5 Å². The van der Waals surface area contributed by atoms with E-state index in [-0.39, 0.29) is 0 Å². The summed E-state index contributed by atoms with van der Waals surface area (Å²) in [6.45, 7) is 1.30. The molecule has 2 N–H and O–H groups in total. The molecule has 0 bridgehead atoms. The van der Waals surface area contributed by atoms with Crippen molar-refractivity contribution < 1.29 is 9.84 Å². The summed E-state index contributed by atoms with van der Waals surface area (Å²) in [6.07, 6.45) is 5.39. The fourth-order valence-corrected chi connectivity index (χ4v) is 2.58. The van der Waals surface area contributed by atoms with Gasteiger partial charge in [0.2, 0.25) is 0 Å². The van der Waals surface area contributed by atoms with Crippen molar-refractivity contribution in [2.45, 2.75) is 38.1 Å². The Hall–Kier alpha value is -1.06. The lowest BCUT2D eigenvalue weighted by Crippen LogP contribution is -2.35. The van der Waals surface area contributed by atoms with E-state index in [0.29, 0.717) is 12.6 Å². The number of hydrogen-bond acceptors (Lipinski definition) is 3. The van der Waals surface area contributed by atoms with E-state index in [4.69, 9.17) is 9.84 Å². The molecule has 1 aliphatic carbocycles. The average Bonchev–Trinajstić information content (AvgIpc) is 2.42. The van der Waals surface area contributed by atoms with Crippen LogP contribution in [0.15, 0.2) is 18.2 Å². The van der Waals surface area contributed by atoms with Crippen molar-refractivity contribution in [1.29, 1.82) is 0 Å². The van der Waals surface area contributed by atoms with Crippen LogP contribution in [0.2, 0.25) is 0 Å². The maximum atomic E-state index is 8.75. The first-order valence-corrected chi connectivity index (χ1v) is 6.83. The van der Waals surface area contributed by atoms with Gasteiger partial charge in [-0.15, -0.1) is 0 Å². The summed E-state index contributed by atoms with van der Waals surface area (Å²) in [7, 11) is 1.72. The second-order valence-electron chi connectivity index (χ2n) is 4.96. The quantitative estimate of drug-likeness (QED) is 0.757. The van der Waals surface area contributed by atoms with E-state index in [1.807, 2.05) is 6.07 Å². The Kier molecular flexibility index (Phi) is 5.02. The first-order valence-electron chi connectivity index (χ1n) is 6.83. The van der Waals surface area contributed by atoms with Crippen LogP contribution in [0.3, 0.4) is 0 Å². The number of benzene rings is 1. The number of rotatable bonds is 6. The lowest BCUT2D eigenvalue weighted by molar-refractivity contribution is 0.282. The molecule has 100 valence electrons. The molecule has 0 saturated carbocycles. The Balaban J connectivity index is 1.88. The molecule has 0 amide bonds. The van der Waals surface area contributed by atoms with E-state index in [2.05, 4.69) is 17.4 Å². The molecular formula is C15H23NO2. The number of ether oxygens (including phenoxy) is 1. The van der Waals surface area contributed by atoms with Crippen LogP contribution in [0.4, 0.5) is 0 Å². The van der Waals surface area contributed by atoms with Gasteiger partial charge in [-0.05, 0) is 61.9 Å². The molecule has 0 radical (unpaired) electrons. The van der Waals surface area contributed by atoms with Gasteiger partial charge in [0.25, 0.3) is 0 Å². The number of aliphatic hydroxyl groups excluding tert-OH is 1. The zero-order chi connectivity index (χ0) is 12.8. The fraction of sp³-hybridized carbons (Fsp3) is 0.600. The van der Waals surface area contributed by atoms with Gasteiger partial charge >= 0.3 is 0 Å². The number of methoxy groups -OCH3 is 1. The van der Waals surface area contributed by atoms with Crippen molar-refractivity contribution in [2.24, 2.45) is 0 Å². The van der Waals surface area contributed by atoms with Crippen LogP contribution >= 0.6 is 0 Å². The smallest absolute Gasteiger partial charge is 0.119 e. The summed E-state index contributed by atoms with van der Waals surface area (Å²) >= 11 is 0. The van der Waals surface area contributed by atoms with Crippen molar-refractivity contribution in [3.8, 4) is 5.75 Å². The molecule has 1 aliphatic rings. The molecule has 1 atom stereocenters. The van der Waals surface area contributed by atoms with E-state index in [9.17, 15) is 0 Å². The van der Waals surface area contributed by atoms with Gasteiger partial charge in [0.05, 0.1) is 7.11 Å². The second kappa shape index (κ2) is 6.76. The SMILES string of the molecule is COc1ccc2c(c1)CC(NCCCCO)CC2. The topological polar surface area (TPSA) is 41.5 Å². The van der Waals surface area contributed by atoms with Crippen LogP contribution in [0.1, 0.15) is 30.4 Å². The third kappa shape index (κ3) is 3.47. The number of aryl methyl sites for hydroxylation is 1. The molecular weight excluding hydrogens is 226 g/mol. The van der Waals surface area contributed by atoms with Gasteiger partial charge in [-0.25, -0.2) is 0 Å². The van der Waals surface area contributed by atoms with Crippen LogP contribution < -0.4 is 10.1 Å². The molecule has 3 nitrogen and oxygen atoms in total. The predicted molar refractivity (Wildman–Crippen MR) is 73.1 cm³/mol. The van der Waals surface area contributed by atoms with E-state index in [0.717, 1.165) is 38.0 Å². The van der Waals surface area contributed by atoms with Gasteiger partial charge < -0.3 is 15.2 Å². The van der Waals surface area contributed by atoms with Crippen LogP contribution in [-0.4, -0.2) is 31.4 Å². The molecule has 1 aromatic rings. The summed E-state index contributed by atoms with van der Waals surface area (Å²) in [5.41, 5.74) is 2.88. The highest BCUT2D eigenvalue weighted by Crippen LogP contribution is 2.25. The van der Waals surface area contributed by atoms with Crippen molar-refractivity contribution in [3.05, 3.63) is 29.3 Å². The molecule has 1 aromatic carbocycles. The number of unbranched alkanes of at least 4 members (excludes halogenated alkanes) is 1.